The number of piperazine rings is 1. The number of amidine groups is 1. The molecule has 4 rings (SSSR count). The van der Waals surface area contributed by atoms with E-state index in [-0.39, 0.29) is 5.91 Å². The number of carbonyl (C=O) groups is 1. The number of benzene rings is 2. The zero-order valence-electron chi connectivity index (χ0n) is 15.4. The van der Waals surface area contributed by atoms with Gasteiger partial charge in [-0.15, -0.1) is 0 Å². The molecule has 1 saturated heterocycles. The average Bonchev–Trinajstić information content (AvgIpc) is 3.10. The molecule has 1 N–H and O–H groups in total. The van der Waals surface area contributed by atoms with Gasteiger partial charge in [0.1, 0.15) is 5.69 Å². The van der Waals surface area contributed by atoms with E-state index in [0.717, 1.165) is 32.2 Å². The van der Waals surface area contributed by atoms with Crippen molar-refractivity contribution < 1.29 is 19.7 Å². The number of quaternary nitrogens is 1. The van der Waals surface area contributed by atoms with Crippen LogP contribution >= 0.6 is 11.8 Å². The van der Waals surface area contributed by atoms with Gasteiger partial charge < -0.3 is 10.0 Å². The third-order valence-electron chi connectivity index (χ3n) is 4.91. The molecule has 0 aromatic heterocycles. The number of rotatable bonds is 3. The summed E-state index contributed by atoms with van der Waals surface area (Å²) in [4.78, 5) is 30.6. The highest BCUT2D eigenvalue weighted by atomic mass is 32.2. The van der Waals surface area contributed by atoms with Crippen LogP contribution in [0.2, 0.25) is 0 Å². The minimum atomic E-state index is -0.718. The molecule has 8 nitrogen and oxygen atoms in total. The van der Waals surface area contributed by atoms with E-state index in [1.807, 2.05) is 18.2 Å². The van der Waals surface area contributed by atoms with E-state index in [9.17, 15) is 20.0 Å². The fourth-order valence-corrected chi connectivity index (χ4v) is 4.35. The Balaban J connectivity index is 1.43. The van der Waals surface area contributed by atoms with Crippen molar-refractivity contribution in [3.8, 4) is 5.75 Å². The Bertz CT molecular complexity index is 1010. The molecule has 148 valence electrons. The molecule has 0 bridgehead atoms. The Hall–Kier alpha value is -3.17. The van der Waals surface area contributed by atoms with E-state index in [4.69, 9.17) is 0 Å². The fraction of sp³-hybridized carbons (Fsp3) is 0.200. The van der Waals surface area contributed by atoms with Gasteiger partial charge in [-0.2, -0.15) is 4.99 Å². The largest absolute Gasteiger partial charge is 0.868 e. The second kappa shape index (κ2) is 8.06. The van der Waals surface area contributed by atoms with Gasteiger partial charge in [-0.05, 0) is 41.3 Å². The Morgan fingerprint density at radius 2 is 1.86 bits per heavy atom. The molecule has 0 spiro atoms. The number of carbonyl (C=O) groups excluding carboxylic acids is 1. The topological polar surface area (TPSA) is 103 Å². The molecule has 0 atom stereocenters. The molecule has 2 aliphatic rings. The van der Waals surface area contributed by atoms with E-state index in [2.05, 4.69) is 22.0 Å². The normalized spacial score (nSPS) is 18.9. The minimum absolute atomic E-state index is 0.364. The first kappa shape index (κ1) is 19.2. The summed E-state index contributed by atoms with van der Waals surface area (Å²) in [6, 6.07) is 14.1. The SMILES string of the molecule is O=C1N=C(N2CC[NH+](c3ccccc3)CC2)SC1=Cc1ccc([O-])c([N+](=O)[O-])c1. The van der Waals surface area contributed by atoms with Crippen LogP contribution < -0.4 is 10.0 Å². The Morgan fingerprint density at radius 1 is 1.14 bits per heavy atom. The van der Waals surface area contributed by atoms with Crippen molar-refractivity contribution in [1.29, 1.82) is 0 Å². The molecule has 29 heavy (non-hydrogen) atoms. The van der Waals surface area contributed by atoms with Crippen LogP contribution in [-0.4, -0.2) is 47.1 Å². The summed E-state index contributed by atoms with van der Waals surface area (Å²) in [7, 11) is 0. The first-order valence-electron chi connectivity index (χ1n) is 9.14. The molecular weight excluding hydrogens is 392 g/mol. The van der Waals surface area contributed by atoms with Gasteiger partial charge in [0, 0.05) is 6.07 Å². The number of nitro groups is 1. The lowest BCUT2D eigenvalue weighted by molar-refractivity contribution is -0.837. The van der Waals surface area contributed by atoms with Gasteiger partial charge in [0.05, 0.1) is 36.0 Å². The molecule has 0 saturated carbocycles. The molecule has 2 heterocycles. The van der Waals surface area contributed by atoms with Crippen molar-refractivity contribution in [3.05, 3.63) is 69.1 Å². The monoisotopic (exact) mass is 410 g/mol. The Labute approximate surface area is 171 Å². The maximum atomic E-state index is 12.3. The van der Waals surface area contributed by atoms with Crippen LogP contribution in [-0.2, 0) is 4.79 Å². The molecule has 1 amide bonds. The summed E-state index contributed by atoms with van der Waals surface area (Å²) < 4.78 is 0. The second-order valence-electron chi connectivity index (χ2n) is 6.75. The fourth-order valence-electron chi connectivity index (χ4n) is 3.38. The van der Waals surface area contributed by atoms with Crippen molar-refractivity contribution in [3.63, 3.8) is 0 Å². The van der Waals surface area contributed by atoms with Crippen LogP contribution in [0.3, 0.4) is 0 Å². The minimum Gasteiger partial charge on any atom is -0.868 e. The number of aliphatic imine (C=N–C) groups is 1. The van der Waals surface area contributed by atoms with Crippen molar-refractivity contribution in [2.45, 2.75) is 0 Å². The predicted molar refractivity (Wildman–Crippen MR) is 109 cm³/mol. The zero-order chi connectivity index (χ0) is 20.4. The molecule has 0 unspecified atom stereocenters. The third-order valence-corrected chi connectivity index (χ3v) is 5.95. The molecule has 2 aromatic rings. The van der Waals surface area contributed by atoms with E-state index in [1.54, 1.807) is 6.08 Å². The van der Waals surface area contributed by atoms with Crippen molar-refractivity contribution >= 4 is 40.3 Å². The highest BCUT2D eigenvalue weighted by Crippen LogP contribution is 2.32. The van der Waals surface area contributed by atoms with Crippen LogP contribution in [0.1, 0.15) is 5.56 Å². The van der Waals surface area contributed by atoms with Crippen LogP contribution in [0.4, 0.5) is 11.4 Å². The van der Waals surface area contributed by atoms with Gasteiger partial charge in [-0.1, -0.05) is 30.3 Å². The lowest BCUT2D eigenvalue weighted by atomic mass is 10.1. The first-order valence-corrected chi connectivity index (χ1v) is 9.96. The van der Waals surface area contributed by atoms with Gasteiger partial charge in [0.2, 0.25) is 0 Å². The number of nitro benzene ring substituents is 1. The predicted octanol–water partition coefficient (Wildman–Crippen LogP) is 1.17. The van der Waals surface area contributed by atoms with Gasteiger partial charge in [-0.3, -0.25) is 19.8 Å². The summed E-state index contributed by atoms with van der Waals surface area (Å²) in [6.07, 6.45) is 1.54. The van der Waals surface area contributed by atoms with Crippen molar-refractivity contribution in [2.75, 3.05) is 26.2 Å². The van der Waals surface area contributed by atoms with Gasteiger partial charge in [0.15, 0.2) is 5.17 Å². The molecule has 1 fully saturated rings. The highest BCUT2D eigenvalue weighted by Gasteiger charge is 2.30. The van der Waals surface area contributed by atoms with E-state index in [0.29, 0.717) is 15.6 Å². The Kier molecular flexibility index (Phi) is 5.32. The molecule has 0 radical (unpaired) electrons. The summed E-state index contributed by atoms with van der Waals surface area (Å²) >= 11 is 1.27. The number of hydrogen-bond acceptors (Lipinski definition) is 6. The smallest absolute Gasteiger partial charge is 0.286 e. The maximum Gasteiger partial charge on any atom is 0.286 e. The van der Waals surface area contributed by atoms with Crippen LogP contribution in [0.15, 0.2) is 58.4 Å². The number of amides is 1. The number of nitrogens with one attached hydrogen (secondary N) is 1. The third kappa shape index (κ3) is 4.15. The lowest BCUT2D eigenvalue weighted by Crippen LogP contribution is -3.10. The van der Waals surface area contributed by atoms with Gasteiger partial charge in [0.25, 0.3) is 11.6 Å². The first-order chi connectivity index (χ1) is 14.0. The second-order valence-corrected chi connectivity index (χ2v) is 7.76. The number of nitrogens with zero attached hydrogens (tertiary/aromatic N) is 3. The number of thioether (sulfide) groups is 1. The molecule has 2 aliphatic heterocycles. The van der Waals surface area contributed by atoms with Crippen molar-refractivity contribution in [1.82, 2.24) is 4.90 Å². The highest BCUT2D eigenvalue weighted by molar-refractivity contribution is 8.18. The number of para-hydroxylation sites is 1. The van der Waals surface area contributed by atoms with Crippen LogP contribution in [0.5, 0.6) is 5.75 Å². The van der Waals surface area contributed by atoms with Crippen LogP contribution in [0, 0.1) is 10.1 Å². The van der Waals surface area contributed by atoms with E-state index >= 15 is 0 Å². The van der Waals surface area contributed by atoms with E-state index in [1.165, 1.54) is 34.5 Å². The summed E-state index contributed by atoms with van der Waals surface area (Å²) in [6.45, 7) is 3.39. The Morgan fingerprint density at radius 3 is 2.55 bits per heavy atom. The maximum absolute atomic E-state index is 12.3. The summed E-state index contributed by atoms with van der Waals surface area (Å²) in [5.41, 5.74) is 1.19. The lowest BCUT2D eigenvalue weighted by Gasteiger charge is -2.32. The van der Waals surface area contributed by atoms with Crippen molar-refractivity contribution in [2.24, 2.45) is 4.99 Å². The molecule has 0 aliphatic carbocycles. The van der Waals surface area contributed by atoms with Crippen LogP contribution in [0.25, 0.3) is 6.08 Å². The molecular formula is C20H18N4O4S. The summed E-state index contributed by atoms with van der Waals surface area (Å²) in [5, 5.41) is 23.1. The quantitative estimate of drug-likeness (QED) is 0.463. The molecule has 9 heteroatoms. The summed E-state index contributed by atoms with van der Waals surface area (Å²) in [5.74, 6) is -1.02. The molecule has 2 aromatic carbocycles. The van der Waals surface area contributed by atoms with Gasteiger partial charge in [-0.25, -0.2) is 0 Å². The number of hydrogen-bond donors (Lipinski definition) is 1. The van der Waals surface area contributed by atoms with E-state index < -0.39 is 16.4 Å². The zero-order valence-corrected chi connectivity index (χ0v) is 16.2. The average molecular weight is 410 g/mol. The van der Waals surface area contributed by atoms with Gasteiger partial charge >= 0.3 is 0 Å². The standard InChI is InChI=1S/C20H18N4O4S/c25-17-7-6-14(12-16(17)24(27)28)13-18-19(26)21-20(29-18)23-10-8-22(9-11-23)15-4-2-1-3-5-15/h1-7,12-13,25H,8-11H2.